The van der Waals surface area contributed by atoms with Gasteiger partial charge in [0.15, 0.2) is 0 Å². The number of hydrogen-bond donors (Lipinski definition) is 0. The molecule has 0 aliphatic carbocycles. The van der Waals surface area contributed by atoms with Crippen LogP contribution in [0.5, 0.6) is 0 Å². The van der Waals surface area contributed by atoms with Crippen LogP contribution in [0.25, 0.3) is 0 Å². The van der Waals surface area contributed by atoms with Gasteiger partial charge in [-0.3, -0.25) is 4.98 Å². The zero-order chi connectivity index (χ0) is 7.23. The van der Waals surface area contributed by atoms with Gasteiger partial charge in [0.1, 0.15) is 0 Å². The number of pyridine rings is 1. The molecule has 1 nitrogen and oxygen atoms in total. The fourth-order valence-electron chi connectivity index (χ4n) is 0.684. The first-order valence-electron chi connectivity index (χ1n) is 3.08. The lowest BCUT2D eigenvalue weighted by atomic mass is 10.3. The third-order valence-corrected chi connectivity index (χ3v) is 1.32. The van der Waals surface area contributed by atoms with Gasteiger partial charge in [0.2, 0.25) is 0 Å². The molecule has 0 aliphatic rings. The second kappa shape index (κ2) is 4.07. The first-order valence-corrected chi connectivity index (χ1v) is 3.52. The summed E-state index contributed by atoms with van der Waals surface area (Å²) < 4.78 is 0. The Morgan fingerprint density at radius 2 is 2.40 bits per heavy atom. The number of rotatable bonds is 2. The van der Waals surface area contributed by atoms with E-state index in [1.807, 2.05) is 24.3 Å². The highest BCUT2D eigenvalue weighted by Crippen LogP contribution is 1.95. The molecule has 0 bridgehead atoms. The van der Waals surface area contributed by atoms with Crippen LogP contribution >= 0.6 is 11.6 Å². The van der Waals surface area contributed by atoms with Crippen molar-refractivity contribution in [3.63, 3.8) is 0 Å². The molecule has 1 aromatic heterocycles. The molecule has 0 atom stereocenters. The minimum absolute atomic E-state index is 0.810. The molecule has 52 valence electrons. The highest BCUT2D eigenvalue weighted by Gasteiger charge is 1.85. The maximum Gasteiger partial charge on any atom is 0.0441 e. The molecule has 2 heteroatoms. The van der Waals surface area contributed by atoms with E-state index in [0.29, 0.717) is 0 Å². The molecule has 0 saturated heterocycles. The van der Waals surface area contributed by atoms with Crippen molar-refractivity contribution in [3.8, 4) is 0 Å². The van der Waals surface area contributed by atoms with Crippen molar-refractivity contribution in [2.24, 2.45) is 0 Å². The summed E-state index contributed by atoms with van der Waals surface area (Å²) in [6.45, 7) is 0. The Labute approximate surface area is 65.4 Å². The van der Waals surface area contributed by atoms with E-state index < -0.39 is 0 Å². The van der Waals surface area contributed by atoms with Crippen LogP contribution in [0.1, 0.15) is 5.69 Å². The van der Waals surface area contributed by atoms with Crippen molar-refractivity contribution in [3.05, 3.63) is 41.7 Å². The fraction of sp³-hybridized carbons (Fsp3) is 0.125. The average Bonchev–Trinajstić information content (AvgIpc) is 2.03. The standard InChI is InChI=1S/C8H8ClN/c9-6-3-5-8-4-1-2-7-10-8/h1-4,6-7H,5H2/b6-3+. The van der Waals surface area contributed by atoms with E-state index in [1.165, 1.54) is 5.54 Å². The average molecular weight is 154 g/mol. The molecule has 10 heavy (non-hydrogen) atoms. The van der Waals surface area contributed by atoms with Crippen LogP contribution in [-0.2, 0) is 6.42 Å². The van der Waals surface area contributed by atoms with E-state index in [-0.39, 0.29) is 0 Å². The van der Waals surface area contributed by atoms with Crippen molar-refractivity contribution >= 4 is 11.6 Å². The van der Waals surface area contributed by atoms with E-state index in [0.717, 1.165) is 12.1 Å². The topological polar surface area (TPSA) is 12.9 Å². The van der Waals surface area contributed by atoms with Gasteiger partial charge in [-0.05, 0) is 12.1 Å². The Hall–Kier alpha value is -0.820. The van der Waals surface area contributed by atoms with E-state index in [2.05, 4.69) is 4.98 Å². The molecule has 1 heterocycles. The third-order valence-electron chi connectivity index (χ3n) is 1.14. The Morgan fingerprint density at radius 1 is 1.50 bits per heavy atom. The Morgan fingerprint density at radius 3 is 3.00 bits per heavy atom. The molecule has 0 fully saturated rings. The van der Waals surface area contributed by atoms with Crippen LogP contribution in [-0.4, -0.2) is 4.98 Å². The van der Waals surface area contributed by atoms with Gasteiger partial charge in [-0.25, -0.2) is 0 Å². The minimum Gasteiger partial charge on any atom is -0.261 e. The third kappa shape index (κ3) is 2.19. The Balaban J connectivity index is 2.59. The maximum absolute atomic E-state index is 5.34. The molecule has 0 N–H and O–H groups in total. The van der Waals surface area contributed by atoms with Crippen molar-refractivity contribution in [1.82, 2.24) is 4.98 Å². The minimum atomic E-state index is 0.810. The first kappa shape index (κ1) is 7.29. The summed E-state index contributed by atoms with van der Waals surface area (Å²) in [7, 11) is 0. The molecule has 0 saturated carbocycles. The number of allylic oxidation sites excluding steroid dienone is 1. The number of halogens is 1. The molecule has 0 radical (unpaired) electrons. The summed E-state index contributed by atoms with van der Waals surface area (Å²) >= 11 is 5.34. The van der Waals surface area contributed by atoms with Crippen LogP contribution < -0.4 is 0 Å². The van der Waals surface area contributed by atoms with Gasteiger partial charge in [0.25, 0.3) is 0 Å². The number of hydrogen-bond acceptors (Lipinski definition) is 1. The quantitative estimate of drug-likeness (QED) is 0.636. The predicted molar refractivity (Wildman–Crippen MR) is 42.9 cm³/mol. The highest BCUT2D eigenvalue weighted by molar-refractivity contribution is 6.25. The molecule has 0 amide bonds. The Bertz CT molecular complexity index is 206. The first-order chi connectivity index (χ1) is 4.93. The van der Waals surface area contributed by atoms with Gasteiger partial charge < -0.3 is 0 Å². The largest absolute Gasteiger partial charge is 0.261 e. The summed E-state index contributed by atoms with van der Waals surface area (Å²) in [4.78, 5) is 4.11. The molecular formula is C8H8ClN. The lowest BCUT2D eigenvalue weighted by molar-refractivity contribution is 1.11. The van der Waals surface area contributed by atoms with Gasteiger partial charge >= 0.3 is 0 Å². The summed E-state index contributed by atoms with van der Waals surface area (Å²) in [6, 6.07) is 5.83. The normalized spacial score (nSPS) is 10.5. The molecule has 1 aromatic rings. The zero-order valence-electron chi connectivity index (χ0n) is 5.50. The summed E-state index contributed by atoms with van der Waals surface area (Å²) in [5, 5.41) is 0. The van der Waals surface area contributed by atoms with Gasteiger partial charge in [-0.15, -0.1) is 0 Å². The second-order valence-electron chi connectivity index (χ2n) is 1.89. The van der Waals surface area contributed by atoms with Crippen LogP contribution in [0.2, 0.25) is 0 Å². The van der Waals surface area contributed by atoms with Crippen molar-refractivity contribution < 1.29 is 0 Å². The van der Waals surface area contributed by atoms with Crippen molar-refractivity contribution in [2.75, 3.05) is 0 Å². The zero-order valence-corrected chi connectivity index (χ0v) is 6.25. The van der Waals surface area contributed by atoms with Crippen LogP contribution in [0, 0.1) is 0 Å². The fourth-order valence-corrected chi connectivity index (χ4v) is 0.773. The van der Waals surface area contributed by atoms with E-state index in [4.69, 9.17) is 11.6 Å². The molecule has 1 rings (SSSR count). The Kier molecular flexibility index (Phi) is 2.97. The highest BCUT2D eigenvalue weighted by atomic mass is 35.5. The summed E-state index contributed by atoms with van der Waals surface area (Å²) in [6.07, 6.45) is 4.45. The summed E-state index contributed by atoms with van der Waals surface area (Å²) in [5.41, 5.74) is 2.55. The molecule has 0 aromatic carbocycles. The SMILES string of the molecule is Cl/C=C/Cc1ccccn1. The van der Waals surface area contributed by atoms with Gasteiger partial charge in [0.05, 0.1) is 0 Å². The predicted octanol–water partition coefficient (Wildman–Crippen LogP) is 2.38. The lowest BCUT2D eigenvalue weighted by Crippen LogP contribution is -1.83. The summed E-state index contributed by atoms with van der Waals surface area (Å²) in [5.74, 6) is 0. The molecule has 0 aliphatic heterocycles. The van der Waals surface area contributed by atoms with Gasteiger partial charge in [-0.2, -0.15) is 0 Å². The van der Waals surface area contributed by atoms with Crippen LogP contribution in [0.3, 0.4) is 0 Å². The molecule has 0 unspecified atom stereocenters. The number of aromatic nitrogens is 1. The van der Waals surface area contributed by atoms with E-state index in [9.17, 15) is 0 Å². The van der Waals surface area contributed by atoms with E-state index in [1.54, 1.807) is 6.20 Å². The van der Waals surface area contributed by atoms with Crippen molar-refractivity contribution in [2.45, 2.75) is 6.42 Å². The van der Waals surface area contributed by atoms with Crippen LogP contribution in [0.4, 0.5) is 0 Å². The lowest BCUT2D eigenvalue weighted by Gasteiger charge is -1.90. The van der Waals surface area contributed by atoms with Gasteiger partial charge in [0, 0.05) is 23.8 Å². The van der Waals surface area contributed by atoms with Gasteiger partial charge in [-0.1, -0.05) is 23.7 Å². The van der Waals surface area contributed by atoms with Crippen molar-refractivity contribution in [1.29, 1.82) is 0 Å². The number of nitrogens with zero attached hydrogens (tertiary/aromatic N) is 1. The molecular weight excluding hydrogens is 146 g/mol. The maximum atomic E-state index is 5.34. The second-order valence-corrected chi connectivity index (χ2v) is 2.14. The van der Waals surface area contributed by atoms with Crippen LogP contribution in [0.15, 0.2) is 36.0 Å². The molecule has 0 spiro atoms. The monoisotopic (exact) mass is 153 g/mol. The smallest absolute Gasteiger partial charge is 0.0441 e. The van der Waals surface area contributed by atoms with E-state index >= 15 is 0 Å².